The van der Waals surface area contributed by atoms with Crippen LogP contribution in [0.25, 0.3) is 0 Å². The lowest BCUT2D eigenvalue weighted by atomic mass is 10.1. The number of hydrogen-bond donors (Lipinski definition) is 1. The van der Waals surface area contributed by atoms with Gasteiger partial charge < -0.3 is 15.0 Å². The molecule has 2 amide bonds. The second-order valence-corrected chi connectivity index (χ2v) is 5.91. The zero-order valence-corrected chi connectivity index (χ0v) is 14.1. The lowest BCUT2D eigenvalue weighted by Crippen LogP contribution is -2.41. The number of ether oxygens (including phenoxy) is 1. The van der Waals surface area contributed by atoms with Crippen molar-refractivity contribution >= 4 is 11.8 Å². The topological polar surface area (TPSA) is 58.6 Å². The van der Waals surface area contributed by atoms with Gasteiger partial charge in [0.25, 0.3) is 5.91 Å². The molecule has 6 heteroatoms. The molecule has 24 heavy (non-hydrogen) atoms. The maximum atomic E-state index is 13.5. The van der Waals surface area contributed by atoms with Crippen LogP contribution in [0.3, 0.4) is 0 Å². The zero-order valence-electron chi connectivity index (χ0n) is 14.1. The van der Waals surface area contributed by atoms with Crippen molar-refractivity contribution in [1.29, 1.82) is 0 Å². The number of rotatable bonds is 7. The molecular weight excluding hydrogens is 311 g/mol. The Hall–Kier alpha value is -1.95. The molecule has 0 radical (unpaired) electrons. The highest BCUT2D eigenvalue weighted by Gasteiger charge is 2.20. The van der Waals surface area contributed by atoms with Crippen LogP contribution < -0.4 is 5.32 Å². The van der Waals surface area contributed by atoms with E-state index in [0.717, 1.165) is 25.9 Å². The fourth-order valence-corrected chi connectivity index (χ4v) is 2.79. The Balaban J connectivity index is 1.76. The minimum absolute atomic E-state index is 0.00657. The quantitative estimate of drug-likeness (QED) is 0.832. The molecule has 1 aliphatic heterocycles. The summed E-state index contributed by atoms with van der Waals surface area (Å²) < 4.78 is 19.2. The number of carbonyl (C=O) groups excluding carboxylic acids is 2. The van der Waals surface area contributed by atoms with E-state index in [-0.39, 0.29) is 30.5 Å². The SMILES string of the molecule is CCN(C[C@H]1CCCCO1)C(=O)CCNC(=O)c1ccccc1F. The first-order chi connectivity index (χ1) is 11.6. The van der Waals surface area contributed by atoms with Crippen molar-refractivity contribution in [2.24, 2.45) is 0 Å². The Kier molecular flexibility index (Phi) is 7.18. The molecule has 1 heterocycles. The van der Waals surface area contributed by atoms with E-state index in [1.54, 1.807) is 11.0 Å². The molecule has 0 spiro atoms. The number of hydrogen-bond acceptors (Lipinski definition) is 3. The van der Waals surface area contributed by atoms with Crippen molar-refractivity contribution in [3.05, 3.63) is 35.6 Å². The third kappa shape index (κ3) is 5.30. The Morgan fingerprint density at radius 1 is 1.33 bits per heavy atom. The van der Waals surface area contributed by atoms with Crippen LogP contribution in [-0.2, 0) is 9.53 Å². The van der Waals surface area contributed by atoms with Gasteiger partial charge in [0.15, 0.2) is 0 Å². The summed E-state index contributed by atoms with van der Waals surface area (Å²) in [5.74, 6) is -1.09. The van der Waals surface area contributed by atoms with Gasteiger partial charge >= 0.3 is 0 Å². The minimum atomic E-state index is -0.564. The second-order valence-electron chi connectivity index (χ2n) is 5.91. The Labute approximate surface area is 142 Å². The van der Waals surface area contributed by atoms with E-state index < -0.39 is 11.7 Å². The third-order valence-electron chi connectivity index (χ3n) is 4.18. The predicted molar refractivity (Wildman–Crippen MR) is 89.2 cm³/mol. The summed E-state index contributed by atoms with van der Waals surface area (Å²) >= 11 is 0. The summed E-state index contributed by atoms with van der Waals surface area (Å²) in [6.07, 6.45) is 3.50. The largest absolute Gasteiger partial charge is 0.376 e. The molecule has 0 unspecified atom stereocenters. The maximum Gasteiger partial charge on any atom is 0.254 e. The van der Waals surface area contributed by atoms with E-state index >= 15 is 0 Å². The van der Waals surface area contributed by atoms with Crippen LogP contribution >= 0.6 is 0 Å². The molecule has 0 bridgehead atoms. The van der Waals surface area contributed by atoms with Crippen molar-refractivity contribution in [3.8, 4) is 0 Å². The van der Waals surface area contributed by atoms with Crippen LogP contribution in [0.4, 0.5) is 4.39 Å². The Morgan fingerprint density at radius 2 is 2.12 bits per heavy atom. The lowest BCUT2D eigenvalue weighted by molar-refractivity contribution is -0.133. The monoisotopic (exact) mass is 336 g/mol. The highest BCUT2D eigenvalue weighted by Crippen LogP contribution is 2.14. The standard InChI is InChI=1S/C18H25FN2O3/c1-2-21(13-14-7-5-6-12-24-14)17(22)10-11-20-18(23)15-8-3-4-9-16(15)19/h3-4,8-9,14H,2,5-7,10-13H2,1H3,(H,20,23)/t14-/m1/s1. The number of halogens is 1. The zero-order chi connectivity index (χ0) is 17.4. The van der Waals surface area contributed by atoms with Gasteiger partial charge in [0.05, 0.1) is 11.7 Å². The van der Waals surface area contributed by atoms with E-state index in [1.165, 1.54) is 18.2 Å². The highest BCUT2D eigenvalue weighted by atomic mass is 19.1. The number of benzene rings is 1. The first kappa shape index (κ1) is 18.4. The van der Waals surface area contributed by atoms with E-state index in [0.29, 0.717) is 13.1 Å². The van der Waals surface area contributed by atoms with Crippen molar-refractivity contribution in [3.63, 3.8) is 0 Å². The molecule has 1 saturated heterocycles. The van der Waals surface area contributed by atoms with Gasteiger partial charge in [0, 0.05) is 32.7 Å². The maximum absolute atomic E-state index is 13.5. The molecular formula is C18H25FN2O3. The first-order valence-corrected chi connectivity index (χ1v) is 8.54. The van der Waals surface area contributed by atoms with Gasteiger partial charge in [-0.05, 0) is 38.3 Å². The van der Waals surface area contributed by atoms with E-state index in [9.17, 15) is 14.0 Å². The summed E-state index contributed by atoms with van der Waals surface area (Å²) in [5.41, 5.74) is -0.00657. The number of nitrogens with one attached hydrogen (secondary N) is 1. The molecule has 5 nitrogen and oxygen atoms in total. The average molecular weight is 336 g/mol. The van der Waals surface area contributed by atoms with Gasteiger partial charge in [0.1, 0.15) is 5.82 Å². The summed E-state index contributed by atoms with van der Waals surface area (Å²) in [6, 6.07) is 5.79. The fourth-order valence-electron chi connectivity index (χ4n) is 2.79. The van der Waals surface area contributed by atoms with E-state index in [2.05, 4.69) is 5.32 Å². The fraction of sp³-hybridized carbons (Fsp3) is 0.556. The third-order valence-corrected chi connectivity index (χ3v) is 4.18. The van der Waals surface area contributed by atoms with Gasteiger partial charge in [-0.1, -0.05) is 12.1 Å². The van der Waals surface area contributed by atoms with Crippen molar-refractivity contribution in [1.82, 2.24) is 10.2 Å². The highest BCUT2D eigenvalue weighted by molar-refractivity contribution is 5.94. The average Bonchev–Trinajstić information content (AvgIpc) is 2.60. The predicted octanol–water partition coefficient (Wildman–Crippen LogP) is 2.36. The van der Waals surface area contributed by atoms with Crippen molar-refractivity contribution in [2.45, 2.75) is 38.7 Å². The number of carbonyl (C=O) groups is 2. The summed E-state index contributed by atoms with van der Waals surface area (Å²) in [6.45, 7) is 4.08. The molecule has 132 valence electrons. The van der Waals surface area contributed by atoms with Gasteiger partial charge in [-0.25, -0.2) is 4.39 Å². The summed E-state index contributed by atoms with van der Waals surface area (Å²) in [4.78, 5) is 25.9. The molecule has 1 aliphatic rings. The Bertz CT molecular complexity index is 559. The lowest BCUT2D eigenvalue weighted by Gasteiger charge is -2.29. The van der Waals surface area contributed by atoms with E-state index in [1.807, 2.05) is 6.92 Å². The van der Waals surface area contributed by atoms with Crippen LogP contribution in [0.5, 0.6) is 0 Å². The number of likely N-dealkylation sites (N-methyl/N-ethyl adjacent to an activating group) is 1. The van der Waals surface area contributed by atoms with Gasteiger partial charge in [-0.3, -0.25) is 9.59 Å². The van der Waals surface area contributed by atoms with Crippen LogP contribution in [-0.4, -0.2) is 49.1 Å². The molecule has 1 N–H and O–H groups in total. The van der Waals surface area contributed by atoms with Gasteiger partial charge in [-0.2, -0.15) is 0 Å². The minimum Gasteiger partial charge on any atom is -0.376 e. The smallest absolute Gasteiger partial charge is 0.254 e. The second kappa shape index (κ2) is 9.37. The van der Waals surface area contributed by atoms with Crippen LogP contribution in [0, 0.1) is 5.82 Å². The van der Waals surface area contributed by atoms with E-state index in [4.69, 9.17) is 4.74 Å². The molecule has 1 atom stereocenters. The normalized spacial score (nSPS) is 17.3. The molecule has 1 aromatic rings. The molecule has 1 aromatic carbocycles. The summed E-state index contributed by atoms with van der Waals surface area (Å²) in [7, 11) is 0. The molecule has 2 rings (SSSR count). The molecule has 0 saturated carbocycles. The van der Waals surface area contributed by atoms with Crippen LogP contribution in [0.2, 0.25) is 0 Å². The van der Waals surface area contributed by atoms with Crippen molar-refractivity contribution < 1.29 is 18.7 Å². The Morgan fingerprint density at radius 3 is 2.79 bits per heavy atom. The first-order valence-electron chi connectivity index (χ1n) is 8.54. The van der Waals surface area contributed by atoms with Crippen molar-refractivity contribution in [2.75, 3.05) is 26.2 Å². The number of amides is 2. The number of nitrogens with zero attached hydrogens (tertiary/aromatic N) is 1. The van der Waals surface area contributed by atoms with Crippen LogP contribution in [0.1, 0.15) is 43.0 Å². The van der Waals surface area contributed by atoms with Gasteiger partial charge in [0.2, 0.25) is 5.91 Å². The van der Waals surface area contributed by atoms with Gasteiger partial charge in [-0.15, -0.1) is 0 Å². The molecule has 1 fully saturated rings. The summed E-state index contributed by atoms with van der Waals surface area (Å²) in [5, 5.41) is 2.60. The van der Waals surface area contributed by atoms with Crippen LogP contribution in [0.15, 0.2) is 24.3 Å². The molecule has 0 aliphatic carbocycles. The molecule has 0 aromatic heterocycles.